The number of hydrogen-bond acceptors (Lipinski definition) is 5. The number of pyridine rings is 1. The highest BCUT2D eigenvalue weighted by Crippen LogP contribution is 2.52. The molecule has 0 saturated heterocycles. The first-order valence-electron chi connectivity index (χ1n) is 11.9. The van der Waals surface area contributed by atoms with Crippen molar-refractivity contribution in [3.05, 3.63) is 107 Å². The highest BCUT2D eigenvalue weighted by atomic mass is 16.5. The first-order valence-corrected chi connectivity index (χ1v) is 11.9. The second kappa shape index (κ2) is 8.58. The fourth-order valence-electron chi connectivity index (χ4n) is 5.62. The Balaban J connectivity index is 1.60. The molecular formula is C30H26N2O3. The van der Waals surface area contributed by atoms with Gasteiger partial charge in [0.2, 0.25) is 0 Å². The summed E-state index contributed by atoms with van der Waals surface area (Å²) in [7, 11) is 3.32. The maximum Gasteiger partial charge on any atom is 0.162 e. The van der Waals surface area contributed by atoms with Gasteiger partial charge in [0.15, 0.2) is 5.78 Å². The van der Waals surface area contributed by atoms with E-state index in [0.717, 1.165) is 56.9 Å². The van der Waals surface area contributed by atoms with Crippen LogP contribution in [0.3, 0.4) is 0 Å². The highest BCUT2D eigenvalue weighted by molar-refractivity contribution is 6.04. The number of benzene rings is 3. The molecule has 0 bridgehead atoms. The molecule has 0 radical (unpaired) electrons. The van der Waals surface area contributed by atoms with Crippen molar-refractivity contribution in [2.24, 2.45) is 0 Å². The van der Waals surface area contributed by atoms with Crippen molar-refractivity contribution in [3.8, 4) is 11.5 Å². The minimum absolute atomic E-state index is 0.145. The van der Waals surface area contributed by atoms with Gasteiger partial charge in [0.1, 0.15) is 11.5 Å². The van der Waals surface area contributed by atoms with Crippen LogP contribution in [0.4, 0.5) is 5.69 Å². The zero-order valence-corrected chi connectivity index (χ0v) is 19.7. The van der Waals surface area contributed by atoms with Gasteiger partial charge >= 0.3 is 0 Å². The molecule has 3 aromatic carbocycles. The number of hydrogen-bond donors (Lipinski definition) is 1. The Morgan fingerprint density at radius 1 is 0.914 bits per heavy atom. The van der Waals surface area contributed by atoms with Crippen LogP contribution in [-0.2, 0) is 4.79 Å². The number of allylic oxidation sites excluding steroid dienone is 2. The Labute approximate surface area is 204 Å². The maximum atomic E-state index is 13.9. The van der Waals surface area contributed by atoms with Crippen molar-refractivity contribution in [2.75, 3.05) is 19.5 Å². The van der Waals surface area contributed by atoms with E-state index in [2.05, 4.69) is 34.6 Å². The molecule has 0 saturated carbocycles. The van der Waals surface area contributed by atoms with Crippen LogP contribution in [0.2, 0.25) is 0 Å². The predicted molar refractivity (Wildman–Crippen MR) is 137 cm³/mol. The number of methoxy groups -OCH3 is 2. The first-order chi connectivity index (χ1) is 17.2. The molecule has 1 aromatic heterocycles. The molecule has 0 amide bonds. The van der Waals surface area contributed by atoms with Gasteiger partial charge in [0.05, 0.1) is 19.7 Å². The lowest BCUT2D eigenvalue weighted by Gasteiger charge is -2.37. The quantitative estimate of drug-likeness (QED) is 0.391. The van der Waals surface area contributed by atoms with Gasteiger partial charge < -0.3 is 14.8 Å². The number of carbonyl (C=O) groups excluding carboxylic acids is 1. The van der Waals surface area contributed by atoms with Gasteiger partial charge in [-0.3, -0.25) is 9.78 Å². The number of rotatable bonds is 4. The molecule has 5 heteroatoms. The summed E-state index contributed by atoms with van der Waals surface area (Å²) >= 11 is 0. The summed E-state index contributed by atoms with van der Waals surface area (Å²) < 4.78 is 11.4. The Morgan fingerprint density at radius 2 is 1.77 bits per heavy atom. The lowest BCUT2D eigenvalue weighted by Crippen LogP contribution is -2.30. The number of ketones is 1. The third-order valence-electron chi connectivity index (χ3n) is 7.22. The fraction of sp³-hybridized carbons (Fsp3) is 0.200. The van der Waals surface area contributed by atoms with Gasteiger partial charge in [-0.05, 0) is 59.9 Å². The van der Waals surface area contributed by atoms with E-state index in [1.165, 1.54) is 5.56 Å². The summed E-state index contributed by atoms with van der Waals surface area (Å²) in [6, 6.07) is 24.2. The zero-order valence-electron chi connectivity index (χ0n) is 19.7. The monoisotopic (exact) mass is 462 g/mol. The van der Waals surface area contributed by atoms with Gasteiger partial charge in [-0.1, -0.05) is 36.4 Å². The lowest BCUT2D eigenvalue weighted by molar-refractivity contribution is -0.116. The molecule has 4 aromatic rings. The Bertz CT molecular complexity index is 1480. The second-order valence-corrected chi connectivity index (χ2v) is 9.09. The second-order valence-electron chi connectivity index (χ2n) is 9.09. The summed E-state index contributed by atoms with van der Waals surface area (Å²) in [4.78, 5) is 18.5. The number of ether oxygens (including phenoxy) is 2. The minimum atomic E-state index is -0.288. The summed E-state index contributed by atoms with van der Waals surface area (Å²) in [5.74, 6) is 1.48. The normalized spacial score (nSPS) is 19.1. The van der Waals surface area contributed by atoms with Gasteiger partial charge in [-0.2, -0.15) is 0 Å². The number of nitrogens with one attached hydrogen (secondary N) is 1. The molecule has 0 fully saturated rings. The topological polar surface area (TPSA) is 60.5 Å². The van der Waals surface area contributed by atoms with Crippen molar-refractivity contribution < 1.29 is 14.3 Å². The van der Waals surface area contributed by atoms with Crippen molar-refractivity contribution in [1.29, 1.82) is 0 Å². The summed E-state index contributed by atoms with van der Waals surface area (Å²) in [5, 5.41) is 4.67. The van der Waals surface area contributed by atoms with Crippen LogP contribution in [0.15, 0.2) is 90.3 Å². The van der Waals surface area contributed by atoms with Crippen LogP contribution in [0, 0.1) is 0 Å². The molecule has 1 aliphatic carbocycles. The number of aromatic nitrogens is 1. The maximum absolute atomic E-state index is 13.9. The molecular weight excluding hydrogens is 436 g/mol. The van der Waals surface area contributed by atoms with E-state index >= 15 is 0 Å². The molecule has 6 rings (SSSR count). The van der Waals surface area contributed by atoms with Crippen molar-refractivity contribution in [3.63, 3.8) is 0 Å². The molecule has 1 N–H and O–H groups in total. The minimum Gasteiger partial charge on any atom is -0.497 e. The predicted octanol–water partition coefficient (Wildman–Crippen LogP) is 6.21. The van der Waals surface area contributed by atoms with Gasteiger partial charge in [0.25, 0.3) is 0 Å². The number of carbonyl (C=O) groups is 1. The average Bonchev–Trinajstić information content (AvgIpc) is 2.91. The molecule has 2 atom stereocenters. The smallest absolute Gasteiger partial charge is 0.162 e. The molecule has 35 heavy (non-hydrogen) atoms. The third-order valence-corrected chi connectivity index (χ3v) is 7.22. The average molecular weight is 463 g/mol. The number of Topliss-reactive ketones (excluding diaryl/α,β-unsaturated/α-hetero) is 1. The van der Waals surface area contributed by atoms with Crippen LogP contribution in [-0.4, -0.2) is 25.0 Å². The highest BCUT2D eigenvalue weighted by Gasteiger charge is 2.40. The number of fused-ring (bicyclic) bond motifs is 3. The molecule has 5 nitrogen and oxygen atoms in total. The van der Waals surface area contributed by atoms with E-state index in [4.69, 9.17) is 9.47 Å². The Hall–Kier alpha value is -4.12. The van der Waals surface area contributed by atoms with E-state index < -0.39 is 0 Å². The largest absolute Gasteiger partial charge is 0.497 e. The molecule has 0 unspecified atom stereocenters. The molecule has 2 heterocycles. The van der Waals surface area contributed by atoms with E-state index in [9.17, 15) is 4.79 Å². The summed E-state index contributed by atoms with van der Waals surface area (Å²) in [6.07, 6.45) is 3.05. The van der Waals surface area contributed by atoms with Crippen LogP contribution in [0.25, 0.3) is 10.9 Å². The van der Waals surface area contributed by atoms with Crippen molar-refractivity contribution in [2.45, 2.75) is 24.7 Å². The van der Waals surface area contributed by atoms with Crippen molar-refractivity contribution >= 4 is 22.4 Å². The van der Waals surface area contributed by atoms with Crippen LogP contribution < -0.4 is 14.8 Å². The zero-order chi connectivity index (χ0) is 23.9. The van der Waals surface area contributed by atoms with Gasteiger partial charge in [0, 0.05) is 46.4 Å². The van der Waals surface area contributed by atoms with Gasteiger partial charge in [-0.25, -0.2) is 0 Å². The summed E-state index contributed by atoms with van der Waals surface area (Å²) in [6.45, 7) is 0. The van der Waals surface area contributed by atoms with Crippen molar-refractivity contribution in [1.82, 2.24) is 4.98 Å². The standard InChI is InChI=1S/C30H26N2O3/c1-34-20-10-13-27(35-2)22(17-20)29-28-21-9-6-14-31-23(21)11-12-24(28)32-25-15-19(16-26(33)30(25)29)18-7-4-3-5-8-18/h3-14,17,19,29,32H,15-16H2,1-2H3/t19-,29-/m1/s1. The molecule has 0 spiro atoms. The first kappa shape index (κ1) is 21.4. The van der Waals surface area contributed by atoms with Crippen LogP contribution >= 0.6 is 0 Å². The fourth-order valence-corrected chi connectivity index (χ4v) is 5.62. The van der Waals surface area contributed by atoms with E-state index in [1.54, 1.807) is 20.4 Å². The Morgan fingerprint density at radius 3 is 2.57 bits per heavy atom. The Kier molecular flexibility index (Phi) is 5.25. The molecule has 174 valence electrons. The number of anilines is 1. The van der Waals surface area contributed by atoms with E-state index in [-0.39, 0.29) is 17.6 Å². The SMILES string of the molecule is COc1ccc(OC)c([C@H]2C3=C(C[C@@H](c4ccccc4)CC3=O)Nc3ccc4ncccc4c32)c1. The summed E-state index contributed by atoms with van der Waals surface area (Å²) in [5.41, 5.74) is 6.86. The molecule has 1 aliphatic heterocycles. The third kappa shape index (κ3) is 3.55. The van der Waals surface area contributed by atoms with Gasteiger partial charge in [-0.15, -0.1) is 0 Å². The molecule has 2 aliphatic rings. The van der Waals surface area contributed by atoms with Crippen LogP contribution in [0.5, 0.6) is 11.5 Å². The van der Waals surface area contributed by atoms with E-state index in [1.807, 2.05) is 48.5 Å². The lowest BCUT2D eigenvalue weighted by atomic mass is 9.71. The van der Waals surface area contributed by atoms with Crippen LogP contribution in [0.1, 0.15) is 41.4 Å². The van der Waals surface area contributed by atoms with E-state index in [0.29, 0.717) is 6.42 Å². The number of nitrogens with zero attached hydrogens (tertiary/aromatic N) is 1.